The summed E-state index contributed by atoms with van der Waals surface area (Å²) < 4.78 is 0. The Labute approximate surface area is 106 Å². The second kappa shape index (κ2) is 5.68. The fourth-order valence-electron chi connectivity index (χ4n) is 2.62. The summed E-state index contributed by atoms with van der Waals surface area (Å²) in [7, 11) is 0. The highest BCUT2D eigenvalue weighted by atomic mass is 16.3. The van der Waals surface area contributed by atoms with Crippen LogP contribution in [0.15, 0.2) is 0 Å². The second-order valence-corrected chi connectivity index (χ2v) is 6.33. The van der Waals surface area contributed by atoms with Gasteiger partial charge < -0.3 is 15.3 Å². The van der Waals surface area contributed by atoms with E-state index in [0.717, 1.165) is 24.9 Å². The maximum absolute atomic E-state index is 9.58. The van der Waals surface area contributed by atoms with E-state index in [1.54, 1.807) is 0 Å². The topological polar surface area (TPSA) is 35.5 Å². The summed E-state index contributed by atoms with van der Waals surface area (Å²) in [5.74, 6) is 1.89. The maximum atomic E-state index is 9.58. The Kier molecular flexibility index (Phi) is 4.45. The van der Waals surface area contributed by atoms with Crippen LogP contribution in [0, 0.1) is 11.8 Å². The molecule has 3 heteroatoms. The van der Waals surface area contributed by atoms with Crippen molar-refractivity contribution in [1.82, 2.24) is 10.2 Å². The number of nitrogens with zero attached hydrogens (tertiary/aromatic N) is 1. The van der Waals surface area contributed by atoms with E-state index in [4.69, 9.17) is 0 Å². The molecule has 0 radical (unpaired) electrons. The van der Waals surface area contributed by atoms with Crippen molar-refractivity contribution >= 4 is 0 Å². The third-order valence-corrected chi connectivity index (χ3v) is 3.95. The van der Waals surface area contributed by atoms with Crippen LogP contribution in [0.25, 0.3) is 0 Å². The molecule has 17 heavy (non-hydrogen) atoms. The number of hydrogen-bond donors (Lipinski definition) is 2. The van der Waals surface area contributed by atoms with E-state index >= 15 is 0 Å². The molecule has 1 atom stereocenters. The zero-order valence-corrected chi connectivity index (χ0v) is 11.4. The Morgan fingerprint density at radius 2 is 1.71 bits per heavy atom. The summed E-state index contributed by atoms with van der Waals surface area (Å²) in [4.78, 5) is 2.59. The molecule has 2 aliphatic carbocycles. The van der Waals surface area contributed by atoms with Crippen LogP contribution in [0.1, 0.15) is 39.5 Å². The van der Waals surface area contributed by atoms with E-state index in [0.29, 0.717) is 0 Å². The molecule has 0 bridgehead atoms. The summed E-state index contributed by atoms with van der Waals surface area (Å²) in [6.45, 7) is 8.90. The molecule has 2 N–H and O–H groups in total. The number of likely N-dealkylation sites (N-methyl/N-ethyl adjacent to an activating group) is 1. The molecule has 3 nitrogen and oxygen atoms in total. The molecule has 0 spiro atoms. The molecule has 0 aromatic heterocycles. The van der Waals surface area contributed by atoms with Crippen LogP contribution in [0.3, 0.4) is 0 Å². The fourth-order valence-corrected chi connectivity index (χ4v) is 2.62. The van der Waals surface area contributed by atoms with E-state index in [2.05, 4.69) is 24.1 Å². The SMILES string of the molecule is CCNC(C)(CO)CN(CC1CC1)CC1CC1. The summed E-state index contributed by atoms with van der Waals surface area (Å²) in [5.41, 5.74) is -0.126. The van der Waals surface area contributed by atoms with Crippen LogP contribution in [-0.4, -0.2) is 48.3 Å². The zero-order valence-electron chi connectivity index (χ0n) is 11.4. The van der Waals surface area contributed by atoms with Crippen molar-refractivity contribution in [3.05, 3.63) is 0 Å². The first kappa shape index (κ1) is 13.3. The summed E-state index contributed by atoms with van der Waals surface area (Å²) in [5, 5.41) is 13.0. The molecule has 100 valence electrons. The molecule has 0 aliphatic heterocycles. The van der Waals surface area contributed by atoms with Crippen LogP contribution >= 0.6 is 0 Å². The summed E-state index contributed by atoms with van der Waals surface area (Å²) in [6, 6.07) is 0. The van der Waals surface area contributed by atoms with Gasteiger partial charge in [-0.3, -0.25) is 0 Å². The van der Waals surface area contributed by atoms with Gasteiger partial charge in [-0.25, -0.2) is 0 Å². The quantitative estimate of drug-likeness (QED) is 0.640. The van der Waals surface area contributed by atoms with Crippen molar-refractivity contribution in [2.45, 2.75) is 45.1 Å². The lowest BCUT2D eigenvalue weighted by Gasteiger charge is -2.35. The molecule has 2 rings (SSSR count). The molecule has 0 aromatic carbocycles. The van der Waals surface area contributed by atoms with Gasteiger partial charge in [0, 0.05) is 19.6 Å². The molecule has 0 heterocycles. The molecule has 0 amide bonds. The van der Waals surface area contributed by atoms with E-state index < -0.39 is 0 Å². The average Bonchev–Trinajstić information content (AvgIpc) is 3.14. The summed E-state index contributed by atoms with van der Waals surface area (Å²) >= 11 is 0. The first-order valence-electron chi connectivity index (χ1n) is 7.23. The zero-order chi connectivity index (χ0) is 12.3. The number of hydrogen-bond acceptors (Lipinski definition) is 3. The van der Waals surface area contributed by atoms with E-state index in [1.807, 2.05) is 0 Å². The van der Waals surface area contributed by atoms with E-state index in [-0.39, 0.29) is 12.1 Å². The van der Waals surface area contributed by atoms with Gasteiger partial charge in [0.25, 0.3) is 0 Å². The Morgan fingerprint density at radius 3 is 2.06 bits per heavy atom. The van der Waals surface area contributed by atoms with Gasteiger partial charge in [0.1, 0.15) is 0 Å². The predicted octanol–water partition coefficient (Wildman–Crippen LogP) is 1.47. The first-order chi connectivity index (χ1) is 8.15. The van der Waals surface area contributed by atoms with Crippen molar-refractivity contribution in [3.63, 3.8) is 0 Å². The van der Waals surface area contributed by atoms with Crippen molar-refractivity contribution in [3.8, 4) is 0 Å². The summed E-state index contributed by atoms with van der Waals surface area (Å²) in [6.07, 6.45) is 5.66. The molecule has 0 saturated heterocycles. The molecule has 1 unspecified atom stereocenters. The molecule has 2 fully saturated rings. The van der Waals surface area contributed by atoms with Gasteiger partial charge in [-0.1, -0.05) is 6.92 Å². The van der Waals surface area contributed by atoms with Gasteiger partial charge in [0.2, 0.25) is 0 Å². The normalized spacial score (nSPS) is 24.0. The minimum absolute atomic E-state index is 0.126. The Morgan fingerprint density at radius 1 is 1.18 bits per heavy atom. The van der Waals surface area contributed by atoms with Crippen LogP contribution in [0.4, 0.5) is 0 Å². The smallest absolute Gasteiger partial charge is 0.0623 e. The lowest BCUT2D eigenvalue weighted by molar-refractivity contribution is 0.115. The van der Waals surface area contributed by atoms with E-state index in [9.17, 15) is 5.11 Å². The van der Waals surface area contributed by atoms with Crippen molar-refractivity contribution < 1.29 is 5.11 Å². The van der Waals surface area contributed by atoms with Gasteiger partial charge in [-0.2, -0.15) is 0 Å². The van der Waals surface area contributed by atoms with Crippen molar-refractivity contribution in [1.29, 1.82) is 0 Å². The molecule has 0 aromatic rings. The first-order valence-corrected chi connectivity index (χ1v) is 7.23. The maximum Gasteiger partial charge on any atom is 0.0623 e. The third kappa shape index (κ3) is 4.57. The standard InChI is InChI=1S/C14H28N2O/c1-3-15-14(2,11-17)10-16(8-12-4-5-12)9-13-6-7-13/h12-13,15,17H,3-11H2,1-2H3. The van der Waals surface area contributed by atoms with Gasteiger partial charge in [0.05, 0.1) is 12.1 Å². The number of aliphatic hydroxyl groups excluding tert-OH is 1. The fraction of sp³-hybridized carbons (Fsp3) is 1.00. The molecule has 2 saturated carbocycles. The minimum Gasteiger partial charge on any atom is -0.394 e. The highest BCUT2D eigenvalue weighted by Gasteiger charge is 2.33. The van der Waals surface area contributed by atoms with Crippen LogP contribution in [0.2, 0.25) is 0 Å². The highest BCUT2D eigenvalue weighted by Crippen LogP contribution is 2.34. The third-order valence-electron chi connectivity index (χ3n) is 3.95. The molecular weight excluding hydrogens is 212 g/mol. The number of rotatable bonds is 9. The Bertz CT molecular complexity index is 224. The van der Waals surface area contributed by atoms with Gasteiger partial charge in [-0.15, -0.1) is 0 Å². The largest absolute Gasteiger partial charge is 0.394 e. The average molecular weight is 240 g/mol. The number of aliphatic hydroxyl groups is 1. The lowest BCUT2D eigenvalue weighted by atomic mass is 10.0. The number of nitrogens with one attached hydrogen (secondary N) is 1. The van der Waals surface area contributed by atoms with Crippen LogP contribution < -0.4 is 5.32 Å². The van der Waals surface area contributed by atoms with E-state index in [1.165, 1.54) is 38.8 Å². The van der Waals surface area contributed by atoms with Gasteiger partial charge in [-0.05, 0) is 51.0 Å². The monoisotopic (exact) mass is 240 g/mol. The highest BCUT2D eigenvalue weighted by molar-refractivity contribution is 4.90. The van der Waals surface area contributed by atoms with Gasteiger partial charge in [0.15, 0.2) is 0 Å². The molecular formula is C14H28N2O. The predicted molar refractivity (Wildman–Crippen MR) is 71.1 cm³/mol. The van der Waals surface area contributed by atoms with Crippen LogP contribution in [0.5, 0.6) is 0 Å². The van der Waals surface area contributed by atoms with Crippen molar-refractivity contribution in [2.24, 2.45) is 11.8 Å². The molecule has 2 aliphatic rings. The van der Waals surface area contributed by atoms with Gasteiger partial charge >= 0.3 is 0 Å². The minimum atomic E-state index is -0.126. The Hall–Kier alpha value is -0.120. The second-order valence-electron chi connectivity index (χ2n) is 6.33. The lowest BCUT2D eigenvalue weighted by Crippen LogP contribution is -2.54. The van der Waals surface area contributed by atoms with Crippen LogP contribution in [-0.2, 0) is 0 Å². The Balaban J connectivity index is 1.83. The van der Waals surface area contributed by atoms with Crippen molar-refractivity contribution in [2.75, 3.05) is 32.8 Å².